The Labute approximate surface area is 107 Å². The van der Waals surface area contributed by atoms with Crippen LogP contribution in [0.5, 0.6) is 0 Å². The van der Waals surface area contributed by atoms with Crippen molar-refractivity contribution in [3.63, 3.8) is 0 Å². The molecule has 0 fully saturated rings. The molecule has 17 heavy (non-hydrogen) atoms. The van der Waals surface area contributed by atoms with Crippen molar-refractivity contribution in [2.75, 3.05) is 6.54 Å². The van der Waals surface area contributed by atoms with Crippen LogP contribution in [0.25, 0.3) is 0 Å². The number of hydrogen-bond donors (Lipinski definition) is 2. The molecule has 0 aliphatic carbocycles. The van der Waals surface area contributed by atoms with Gasteiger partial charge in [-0.25, -0.2) is 0 Å². The summed E-state index contributed by atoms with van der Waals surface area (Å²) in [5.41, 5.74) is 1.65. The Hall–Kier alpha value is -1.56. The van der Waals surface area contributed by atoms with Crippen molar-refractivity contribution >= 4 is 21.8 Å². The molecule has 0 saturated carbocycles. The summed E-state index contributed by atoms with van der Waals surface area (Å²) in [6.45, 7) is 0.592. The average Bonchev–Trinajstić information content (AvgIpc) is 2.88. The number of halogens is 1. The fraction of sp³-hybridized carbons (Fsp3) is 0.273. The molecule has 0 radical (unpaired) electrons. The summed E-state index contributed by atoms with van der Waals surface area (Å²) >= 11 is 3.29. The molecule has 2 aromatic rings. The van der Waals surface area contributed by atoms with Crippen LogP contribution in [0.1, 0.15) is 16.2 Å². The molecule has 0 bridgehead atoms. The third-order valence-electron chi connectivity index (χ3n) is 2.48. The fourth-order valence-electron chi connectivity index (χ4n) is 1.54. The van der Waals surface area contributed by atoms with Crippen LogP contribution in [0.4, 0.5) is 0 Å². The van der Waals surface area contributed by atoms with Gasteiger partial charge < -0.3 is 10.3 Å². The Morgan fingerprint density at radius 1 is 1.65 bits per heavy atom. The maximum absolute atomic E-state index is 11.7. The molecule has 2 aromatic heterocycles. The number of rotatable bonds is 4. The minimum atomic E-state index is -0.0992. The van der Waals surface area contributed by atoms with Gasteiger partial charge in [-0.3, -0.25) is 9.48 Å². The molecular weight excluding hydrogens is 284 g/mol. The molecule has 0 spiro atoms. The molecule has 5 nitrogen and oxygen atoms in total. The van der Waals surface area contributed by atoms with E-state index in [1.54, 1.807) is 23.1 Å². The molecule has 90 valence electrons. The molecule has 2 heterocycles. The highest BCUT2D eigenvalue weighted by atomic mass is 79.9. The highest BCUT2D eigenvalue weighted by Gasteiger charge is 2.07. The van der Waals surface area contributed by atoms with Gasteiger partial charge in [-0.1, -0.05) is 0 Å². The van der Waals surface area contributed by atoms with Crippen molar-refractivity contribution in [2.24, 2.45) is 7.05 Å². The lowest BCUT2D eigenvalue weighted by molar-refractivity contribution is 0.0949. The van der Waals surface area contributed by atoms with Gasteiger partial charge in [0, 0.05) is 42.6 Å². The predicted octanol–water partition coefficient (Wildman–Crippen LogP) is 1.48. The summed E-state index contributed by atoms with van der Waals surface area (Å²) in [5.74, 6) is -0.0992. The Kier molecular flexibility index (Phi) is 3.63. The number of nitrogens with zero attached hydrogens (tertiary/aromatic N) is 2. The number of carbonyl (C=O) groups excluding carboxylic acids is 1. The summed E-state index contributed by atoms with van der Waals surface area (Å²) in [5, 5.41) is 6.91. The largest absolute Gasteiger partial charge is 0.356 e. The number of nitrogens with one attached hydrogen (secondary N) is 2. The van der Waals surface area contributed by atoms with Crippen LogP contribution in [-0.4, -0.2) is 27.2 Å². The second kappa shape index (κ2) is 5.18. The molecular formula is C11H13BrN4O. The zero-order valence-electron chi connectivity index (χ0n) is 9.40. The Bertz CT molecular complexity index is 517. The first-order valence-electron chi connectivity index (χ1n) is 5.26. The Morgan fingerprint density at radius 3 is 3.06 bits per heavy atom. The molecule has 0 atom stereocenters. The fourth-order valence-corrected chi connectivity index (χ4v) is 1.89. The van der Waals surface area contributed by atoms with E-state index in [9.17, 15) is 4.79 Å². The Balaban J connectivity index is 1.83. The van der Waals surface area contributed by atoms with Gasteiger partial charge >= 0.3 is 0 Å². The predicted molar refractivity (Wildman–Crippen MR) is 67.7 cm³/mol. The van der Waals surface area contributed by atoms with E-state index in [0.29, 0.717) is 12.2 Å². The van der Waals surface area contributed by atoms with Crippen molar-refractivity contribution in [1.29, 1.82) is 0 Å². The zero-order chi connectivity index (χ0) is 12.3. The van der Waals surface area contributed by atoms with Gasteiger partial charge in [0.05, 0.1) is 0 Å². The third kappa shape index (κ3) is 2.97. The van der Waals surface area contributed by atoms with Crippen LogP contribution >= 0.6 is 15.9 Å². The van der Waals surface area contributed by atoms with E-state index in [4.69, 9.17) is 0 Å². The molecule has 0 saturated heterocycles. The van der Waals surface area contributed by atoms with E-state index < -0.39 is 0 Å². The van der Waals surface area contributed by atoms with Crippen molar-refractivity contribution in [3.05, 3.63) is 40.4 Å². The van der Waals surface area contributed by atoms with Gasteiger partial charge in [-0.15, -0.1) is 0 Å². The number of H-pyrrole nitrogens is 1. The zero-order valence-corrected chi connectivity index (χ0v) is 11.0. The van der Waals surface area contributed by atoms with E-state index >= 15 is 0 Å². The number of hydrogen-bond acceptors (Lipinski definition) is 2. The number of aryl methyl sites for hydroxylation is 1. The number of aromatic nitrogens is 3. The molecule has 1 amide bonds. The van der Waals surface area contributed by atoms with Crippen LogP contribution in [0, 0.1) is 0 Å². The number of carbonyl (C=O) groups is 1. The first-order valence-corrected chi connectivity index (χ1v) is 6.05. The SMILES string of the molecule is Cn1nccc1CCNC(=O)c1cc(Br)c[nH]1. The van der Waals surface area contributed by atoms with E-state index in [0.717, 1.165) is 16.6 Å². The Morgan fingerprint density at radius 2 is 2.47 bits per heavy atom. The smallest absolute Gasteiger partial charge is 0.267 e. The van der Waals surface area contributed by atoms with Crippen molar-refractivity contribution in [1.82, 2.24) is 20.1 Å². The number of amides is 1. The summed E-state index contributed by atoms with van der Waals surface area (Å²) in [6.07, 6.45) is 4.25. The highest BCUT2D eigenvalue weighted by Crippen LogP contribution is 2.10. The lowest BCUT2D eigenvalue weighted by Crippen LogP contribution is -2.26. The van der Waals surface area contributed by atoms with Crippen LogP contribution < -0.4 is 5.32 Å². The first-order chi connectivity index (χ1) is 8.16. The summed E-state index contributed by atoms with van der Waals surface area (Å²) in [6, 6.07) is 3.69. The maximum Gasteiger partial charge on any atom is 0.267 e. The lowest BCUT2D eigenvalue weighted by atomic mass is 10.3. The monoisotopic (exact) mass is 296 g/mol. The standard InChI is InChI=1S/C11H13BrN4O/c1-16-9(3-5-15-16)2-4-13-11(17)10-6-8(12)7-14-10/h3,5-7,14H,2,4H2,1H3,(H,13,17). The van der Waals surface area contributed by atoms with Crippen molar-refractivity contribution in [2.45, 2.75) is 6.42 Å². The van der Waals surface area contributed by atoms with Gasteiger partial charge in [0.1, 0.15) is 5.69 Å². The summed E-state index contributed by atoms with van der Waals surface area (Å²) in [4.78, 5) is 14.6. The van der Waals surface area contributed by atoms with Crippen LogP contribution in [0.3, 0.4) is 0 Å². The quantitative estimate of drug-likeness (QED) is 0.898. The number of aromatic amines is 1. The summed E-state index contributed by atoms with van der Waals surface area (Å²) in [7, 11) is 1.89. The van der Waals surface area contributed by atoms with Gasteiger partial charge in [-0.05, 0) is 28.1 Å². The maximum atomic E-state index is 11.7. The van der Waals surface area contributed by atoms with Gasteiger partial charge in [0.15, 0.2) is 0 Å². The molecule has 0 unspecified atom stereocenters. The summed E-state index contributed by atoms with van der Waals surface area (Å²) < 4.78 is 2.67. The highest BCUT2D eigenvalue weighted by molar-refractivity contribution is 9.10. The topological polar surface area (TPSA) is 62.7 Å². The van der Waals surface area contributed by atoms with Crippen LogP contribution in [0.15, 0.2) is 29.0 Å². The average molecular weight is 297 g/mol. The van der Waals surface area contributed by atoms with Crippen molar-refractivity contribution in [3.8, 4) is 0 Å². The van der Waals surface area contributed by atoms with E-state index in [-0.39, 0.29) is 5.91 Å². The molecule has 2 N–H and O–H groups in total. The third-order valence-corrected chi connectivity index (χ3v) is 2.94. The second-order valence-corrected chi connectivity index (χ2v) is 4.60. The molecule has 0 aliphatic heterocycles. The van der Waals surface area contributed by atoms with Gasteiger partial charge in [0.25, 0.3) is 5.91 Å². The lowest BCUT2D eigenvalue weighted by Gasteiger charge is -2.04. The van der Waals surface area contributed by atoms with Crippen LogP contribution in [0.2, 0.25) is 0 Å². The minimum absolute atomic E-state index is 0.0992. The minimum Gasteiger partial charge on any atom is -0.356 e. The van der Waals surface area contributed by atoms with E-state index in [1.807, 2.05) is 13.1 Å². The van der Waals surface area contributed by atoms with Gasteiger partial charge in [-0.2, -0.15) is 5.10 Å². The normalized spacial score (nSPS) is 10.5. The van der Waals surface area contributed by atoms with E-state index in [1.165, 1.54) is 0 Å². The van der Waals surface area contributed by atoms with Crippen molar-refractivity contribution < 1.29 is 4.79 Å². The first kappa shape index (κ1) is 11.9. The van der Waals surface area contributed by atoms with E-state index in [2.05, 4.69) is 31.3 Å². The molecule has 2 rings (SSSR count). The van der Waals surface area contributed by atoms with Crippen LogP contribution in [-0.2, 0) is 13.5 Å². The molecule has 6 heteroatoms. The molecule has 0 aliphatic rings. The molecule has 0 aromatic carbocycles. The van der Waals surface area contributed by atoms with Gasteiger partial charge in [0.2, 0.25) is 0 Å². The second-order valence-electron chi connectivity index (χ2n) is 3.68.